The highest BCUT2D eigenvalue weighted by atomic mass is 32.2. The molecule has 35 heavy (non-hydrogen) atoms. The predicted octanol–water partition coefficient (Wildman–Crippen LogP) is 4.11. The van der Waals surface area contributed by atoms with E-state index in [1.165, 1.54) is 4.31 Å². The van der Waals surface area contributed by atoms with Crippen molar-refractivity contribution in [1.29, 1.82) is 0 Å². The van der Waals surface area contributed by atoms with Crippen LogP contribution in [0.15, 0.2) is 47.4 Å². The molecule has 1 saturated heterocycles. The summed E-state index contributed by atoms with van der Waals surface area (Å²) in [6, 6.07) is 12.9. The Balaban J connectivity index is 1.25. The van der Waals surface area contributed by atoms with Gasteiger partial charge in [0.05, 0.1) is 4.90 Å². The first-order chi connectivity index (χ1) is 16.7. The van der Waals surface area contributed by atoms with Crippen LogP contribution in [0.5, 0.6) is 0 Å². The number of sulfonamides is 1. The lowest BCUT2D eigenvalue weighted by Crippen LogP contribution is -2.42. The number of carbonyl (C=O) groups is 2. The third-order valence-corrected chi connectivity index (χ3v) is 9.60. The third kappa shape index (κ3) is 4.61. The van der Waals surface area contributed by atoms with Crippen molar-refractivity contribution >= 4 is 33.2 Å². The minimum atomic E-state index is -3.66. The van der Waals surface area contributed by atoms with E-state index in [0.29, 0.717) is 32.4 Å². The minimum absolute atomic E-state index is 0.0405. The van der Waals surface area contributed by atoms with Gasteiger partial charge in [-0.15, -0.1) is 0 Å². The Morgan fingerprint density at radius 3 is 2.37 bits per heavy atom. The first-order valence-electron chi connectivity index (χ1n) is 12.6. The SMILES string of the molecule is Cc1cccc(NC(=O)C2CCN(S(=O)(=O)c3ccc4c(c3)CC(C)N4C(=O)C3CCC3)CC2)c1. The van der Waals surface area contributed by atoms with Gasteiger partial charge in [0.25, 0.3) is 0 Å². The van der Waals surface area contributed by atoms with Gasteiger partial charge in [-0.25, -0.2) is 8.42 Å². The maximum absolute atomic E-state index is 13.4. The van der Waals surface area contributed by atoms with Crippen LogP contribution in [0.4, 0.5) is 11.4 Å². The fraction of sp³-hybridized carbons (Fsp3) is 0.481. The van der Waals surface area contributed by atoms with E-state index in [-0.39, 0.29) is 34.6 Å². The number of aryl methyl sites for hydroxylation is 1. The van der Waals surface area contributed by atoms with E-state index < -0.39 is 10.0 Å². The zero-order chi connectivity index (χ0) is 24.7. The average Bonchev–Trinajstić information content (AvgIpc) is 3.13. The molecule has 8 heteroatoms. The molecule has 7 nitrogen and oxygen atoms in total. The standard InChI is InChI=1S/C27H33N3O4S/c1-18-5-3-8-23(15-18)28-26(31)20-11-13-29(14-12-20)35(33,34)24-9-10-25-22(17-24)16-19(2)30(25)27(32)21-6-4-7-21/h3,5,8-10,15,17,19-21H,4,6-7,11-14,16H2,1-2H3,(H,28,31). The maximum atomic E-state index is 13.4. The van der Waals surface area contributed by atoms with Gasteiger partial charge in [-0.2, -0.15) is 4.31 Å². The van der Waals surface area contributed by atoms with Gasteiger partial charge >= 0.3 is 0 Å². The molecular formula is C27H33N3O4S. The van der Waals surface area contributed by atoms with Crippen molar-refractivity contribution in [3.8, 4) is 0 Å². The Bertz CT molecular complexity index is 1250. The monoisotopic (exact) mass is 495 g/mol. The zero-order valence-electron chi connectivity index (χ0n) is 20.4. The second-order valence-electron chi connectivity index (χ2n) is 10.2. The molecule has 2 amide bonds. The van der Waals surface area contributed by atoms with Gasteiger partial charge in [0.15, 0.2) is 0 Å². The Hall–Kier alpha value is -2.71. The molecule has 1 saturated carbocycles. The van der Waals surface area contributed by atoms with Crippen LogP contribution in [-0.4, -0.2) is 43.7 Å². The molecule has 2 heterocycles. The fourth-order valence-corrected chi connectivity index (χ4v) is 6.95. The van der Waals surface area contributed by atoms with Gasteiger partial charge in [-0.3, -0.25) is 9.59 Å². The third-order valence-electron chi connectivity index (χ3n) is 7.71. The van der Waals surface area contributed by atoms with E-state index in [9.17, 15) is 18.0 Å². The van der Waals surface area contributed by atoms with Crippen LogP contribution in [0, 0.1) is 18.8 Å². The highest BCUT2D eigenvalue weighted by molar-refractivity contribution is 7.89. The number of nitrogens with one attached hydrogen (secondary N) is 1. The molecule has 1 atom stereocenters. The highest BCUT2D eigenvalue weighted by Gasteiger charge is 2.38. The van der Waals surface area contributed by atoms with Crippen LogP contribution in [0.3, 0.4) is 0 Å². The normalized spacial score (nSPS) is 21.4. The lowest BCUT2D eigenvalue weighted by Gasteiger charge is -2.32. The zero-order valence-corrected chi connectivity index (χ0v) is 21.2. The molecule has 0 aromatic heterocycles. The summed E-state index contributed by atoms with van der Waals surface area (Å²) < 4.78 is 28.3. The Morgan fingerprint density at radius 2 is 1.71 bits per heavy atom. The molecule has 186 valence electrons. The largest absolute Gasteiger partial charge is 0.326 e. The summed E-state index contributed by atoms with van der Waals surface area (Å²) in [6.45, 7) is 4.63. The van der Waals surface area contributed by atoms with Crippen molar-refractivity contribution in [2.75, 3.05) is 23.3 Å². The first-order valence-corrected chi connectivity index (χ1v) is 14.0. The van der Waals surface area contributed by atoms with Crippen molar-refractivity contribution in [2.45, 2.75) is 63.3 Å². The van der Waals surface area contributed by atoms with Crippen molar-refractivity contribution in [2.24, 2.45) is 11.8 Å². The smallest absolute Gasteiger partial charge is 0.243 e. The molecule has 1 aliphatic carbocycles. The lowest BCUT2D eigenvalue weighted by molar-refractivity contribution is -0.125. The summed E-state index contributed by atoms with van der Waals surface area (Å²) in [5, 5.41) is 2.96. The van der Waals surface area contributed by atoms with Crippen LogP contribution < -0.4 is 10.2 Å². The number of carbonyl (C=O) groups excluding carboxylic acids is 2. The second kappa shape index (κ2) is 9.39. The number of benzene rings is 2. The van der Waals surface area contributed by atoms with Gasteiger partial charge in [0, 0.05) is 42.3 Å². The quantitative estimate of drug-likeness (QED) is 0.676. The number of rotatable bonds is 5. The summed E-state index contributed by atoms with van der Waals surface area (Å²) >= 11 is 0. The summed E-state index contributed by atoms with van der Waals surface area (Å²) in [5.74, 6) is 0.00429. The molecular weight excluding hydrogens is 462 g/mol. The Kier molecular flexibility index (Phi) is 6.44. The second-order valence-corrected chi connectivity index (χ2v) is 12.2. The van der Waals surface area contributed by atoms with Gasteiger partial charge in [0.2, 0.25) is 21.8 Å². The van der Waals surface area contributed by atoms with Crippen LogP contribution >= 0.6 is 0 Å². The number of hydrogen-bond acceptors (Lipinski definition) is 4. The maximum Gasteiger partial charge on any atom is 0.243 e. The topological polar surface area (TPSA) is 86.8 Å². The molecule has 0 spiro atoms. The minimum Gasteiger partial charge on any atom is -0.326 e. The summed E-state index contributed by atoms with van der Waals surface area (Å²) in [7, 11) is -3.66. The molecule has 3 aliphatic rings. The van der Waals surface area contributed by atoms with E-state index in [2.05, 4.69) is 5.32 Å². The number of fused-ring (bicyclic) bond motifs is 1. The molecule has 1 unspecified atom stereocenters. The predicted molar refractivity (Wildman–Crippen MR) is 136 cm³/mol. The summed E-state index contributed by atoms with van der Waals surface area (Å²) in [5.41, 5.74) is 3.60. The number of amides is 2. The van der Waals surface area contributed by atoms with E-state index >= 15 is 0 Å². The van der Waals surface area contributed by atoms with Crippen LogP contribution in [-0.2, 0) is 26.0 Å². The molecule has 2 aliphatic heterocycles. The number of piperidine rings is 1. The fourth-order valence-electron chi connectivity index (χ4n) is 5.43. The molecule has 1 N–H and O–H groups in total. The molecule has 0 bridgehead atoms. The Labute approximate surface area is 207 Å². The van der Waals surface area contributed by atoms with Crippen molar-refractivity contribution in [1.82, 2.24) is 4.31 Å². The molecule has 2 aromatic carbocycles. The van der Waals surface area contributed by atoms with E-state index in [0.717, 1.165) is 41.8 Å². The highest BCUT2D eigenvalue weighted by Crippen LogP contribution is 2.38. The van der Waals surface area contributed by atoms with E-state index in [1.54, 1.807) is 18.2 Å². The molecule has 0 radical (unpaired) electrons. The van der Waals surface area contributed by atoms with Crippen molar-refractivity contribution in [3.05, 3.63) is 53.6 Å². The Morgan fingerprint density at radius 1 is 0.971 bits per heavy atom. The van der Waals surface area contributed by atoms with Crippen molar-refractivity contribution < 1.29 is 18.0 Å². The van der Waals surface area contributed by atoms with Crippen LogP contribution in [0.2, 0.25) is 0 Å². The van der Waals surface area contributed by atoms with Crippen molar-refractivity contribution in [3.63, 3.8) is 0 Å². The molecule has 2 aromatic rings. The number of anilines is 2. The number of nitrogens with zero attached hydrogens (tertiary/aromatic N) is 2. The van der Waals surface area contributed by atoms with E-state index in [4.69, 9.17) is 0 Å². The average molecular weight is 496 g/mol. The van der Waals surface area contributed by atoms with E-state index in [1.807, 2.05) is 43.0 Å². The van der Waals surface area contributed by atoms with Gasteiger partial charge < -0.3 is 10.2 Å². The molecule has 5 rings (SSSR count). The molecule has 2 fully saturated rings. The summed E-state index contributed by atoms with van der Waals surface area (Å²) in [6.07, 6.45) is 4.64. The van der Waals surface area contributed by atoms with Crippen LogP contribution in [0.1, 0.15) is 50.2 Å². The number of hydrogen-bond donors (Lipinski definition) is 1. The van der Waals surface area contributed by atoms with Gasteiger partial charge in [-0.1, -0.05) is 18.6 Å². The summed E-state index contributed by atoms with van der Waals surface area (Å²) in [4.78, 5) is 27.8. The first kappa shape index (κ1) is 24.0. The van der Waals surface area contributed by atoms with Gasteiger partial charge in [0.1, 0.15) is 0 Å². The van der Waals surface area contributed by atoms with Crippen LogP contribution in [0.25, 0.3) is 0 Å². The van der Waals surface area contributed by atoms with Gasteiger partial charge in [-0.05, 0) is 87.4 Å². The lowest BCUT2D eigenvalue weighted by atomic mass is 9.84.